The molecular weight excluding hydrogens is 100 g/mol. The van der Waals surface area contributed by atoms with E-state index in [1.807, 2.05) is 13.0 Å². The third-order valence-corrected chi connectivity index (χ3v) is 0.444. The van der Waals surface area contributed by atoms with Crippen molar-refractivity contribution in [2.24, 2.45) is 10.2 Å². The molecule has 0 aliphatic heterocycles. The number of hydrogen-bond donors (Lipinski definition) is 0. The molecule has 0 rings (SSSR count). The molecule has 0 amide bonds. The van der Waals surface area contributed by atoms with Gasteiger partial charge in [0.2, 0.25) is 0 Å². The second kappa shape index (κ2) is 4.24. The number of hydrogen-bond acceptors (Lipinski definition) is 2. The van der Waals surface area contributed by atoms with Gasteiger partial charge in [-0.05, 0) is 13.8 Å². The summed E-state index contributed by atoms with van der Waals surface area (Å²) in [5.74, 6) is 0. The average Bonchev–Trinajstić information content (AvgIpc) is 1.66. The Hall–Kier alpha value is -0.920. The highest BCUT2D eigenvalue weighted by Gasteiger charge is 1.68. The minimum absolute atomic E-state index is 0.725. The van der Waals surface area contributed by atoms with Gasteiger partial charge >= 0.3 is 0 Å². The highest BCUT2D eigenvalue weighted by molar-refractivity contribution is 4.84. The fraction of sp³-hybridized carbons (Fsp3) is 0.333. The van der Waals surface area contributed by atoms with E-state index in [0.717, 1.165) is 5.70 Å². The van der Waals surface area contributed by atoms with E-state index in [0.29, 0.717) is 0 Å². The highest BCUT2D eigenvalue weighted by atomic mass is 15.1. The van der Waals surface area contributed by atoms with Crippen LogP contribution in [0.3, 0.4) is 0 Å². The van der Waals surface area contributed by atoms with Crippen LogP contribution in [0.25, 0.3) is 0 Å². The highest BCUT2D eigenvalue weighted by Crippen LogP contribution is 1.89. The molecule has 0 aromatic heterocycles. The molecule has 0 atom stereocenters. The van der Waals surface area contributed by atoms with E-state index in [-0.39, 0.29) is 0 Å². The van der Waals surface area contributed by atoms with Crippen LogP contribution in [0, 0.1) is 0 Å². The summed E-state index contributed by atoms with van der Waals surface area (Å²) < 4.78 is 0. The molecule has 2 nitrogen and oxygen atoms in total. The first kappa shape index (κ1) is 7.08. The summed E-state index contributed by atoms with van der Waals surface area (Å²) in [6.07, 6.45) is 3.43. The van der Waals surface area contributed by atoms with Crippen molar-refractivity contribution in [3.8, 4) is 0 Å². The predicted molar refractivity (Wildman–Crippen MR) is 34.5 cm³/mol. The van der Waals surface area contributed by atoms with Gasteiger partial charge in [-0.25, -0.2) is 0 Å². The van der Waals surface area contributed by atoms with Crippen LogP contribution in [0.5, 0.6) is 0 Å². The van der Waals surface area contributed by atoms with E-state index in [9.17, 15) is 0 Å². The Kier molecular flexibility index (Phi) is 3.76. The Balaban J connectivity index is 3.50. The van der Waals surface area contributed by atoms with Gasteiger partial charge in [-0.1, -0.05) is 12.7 Å². The summed E-state index contributed by atoms with van der Waals surface area (Å²) in [4.78, 5) is 0. The zero-order chi connectivity index (χ0) is 6.41. The van der Waals surface area contributed by atoms with Gasteiger partial charge in [0.1, 0.15) is 0 Å². The smallest absolute Gasteiger partial charge is 0.0528 e. The molecule has 0 heterocycles. The maximum Gasteiger partial charge on any atom is 0.0528 e. The van der Waals surface area contributed by atoms with Gasteiger partial charge in [0.25, 0.3) is 0 Å². The molecule has 0 spiro atoms. The number of rotatable bonds is 2. The van der Waals surface area contributed by atoms with E-state index in [2.05, 4.69) is 16.8 Å². The molecule has 0 unspecified atom stereocenters. The number of nitrogens with zero attached hydrogens (tertiary/aromatic N) is 2. The SMILES string of the molecule is C=C(C)N=N/C=C\C. The molecule has 0 saturated carbocycles. The lowest BCUT2D eigenvalue weighted by atomic mass is 10.6. The Labute approximate surface area is 49.6 Å². The van der Waals surface area contributed by atoms with Crippen molar-refractivity contribution in [2.75, 3.05) is 0 Å². The number of allylic oxidation sites excluding steroid dienone is 2. The summed E-state index contributed by atoms with van der Waals surface area (Å²) >= 11 is 0. The van der Waals surface area contributed by atoms with Gasteiger partial charge in [0, 0.05) is 6.20 Å². The third kappa shape index (κ3) is 5.08. The summed E-state index contributed by atoms with van der Waals surface area (Å²) in [5, 5.41) is 7.29. The van der Waals surface area contributed by atoms with Crippen molar-refractivity contribution in [1.82, 2.24) is 0 Å². The van der Waals surface area contributed by atoms with Gasteiger partial charge in [-0.15, -0.1) is 0 Å². The lowest BCUT2D eigenvalue weighted by Crippen LogP contribution is -1.55. The van der Waals surface area contributed by atoms with Crippen LogP contribution in [0.1, 0.15) is 13.8 Å². The molecule has 0 fully saturated rings. The second-order valence-corrected chi connectivity index (χ2v) is 1.43. The average molecular weight is 110 g/mol. The molecule has 0 aliphatic rings. The summed E-state index contributed by atoms with van der Waals surface area (Å²) in [6.45, 7) is 7.22. The zero-order valence-corrected chi connectivity index (χ0v) is 5.26. The van der Waals surface area contributed by atoms with E-state index < -0.39 is 0 Å². The second-order valence-electron chi connectivity index (χ2n) is 1.43. The normalized spacial score (nSPS) is 11.2. The minimum Gasteiger partial charge on any atom is -0.159 e. The topological polar surface area (TPSA) is 24.7 Å². The van der Waals surface area contributed by atoms with Crippen LogP contribution >= 0.6 is 0 Å². The Bertz CT molecular complexity index is 122. The molecule has 8 heavy (non-hydrogen) atoms. The van der Waals surface area contributed by atoms with E-state index in [4.69, 9.17) is 0 Å². The summed E-state index contributed by atoms with van der Waals surface area (Å²) in [5.41, 5.74) is 0.725. The molecule has 2 heteroatoms. The quantitative estimate of drug-likeness (QED) is 0.488. The van der Waals surface area contributed by atoms with Crippen LogP contribution in [-0.4, -0.2) is 0 Å². The van der Waals surface area contributed by atoms with Gasteiger partial charge in [0.05, 0.1) is 5.70 Å². The standard InChI is InChI=1S/C6H10N2/c1-4-5-7-8-6(2)3/h4-5H,2H2,1,3H3/b5-4-,8-7?. The third-order valence-electron chi connectivity index (χ3n) is 0.444. The van der Waals surface area contributed by atoms with Crippen molar-refractivity contribution in [1.29, 1.82) is 0 Å². The first-order valence-electron chi connectivity index (χ1n) is 2.45. The van der Waals surface area contributed by atoms with Crippen LogP contribution in [0.15, 0.2) is 34.8 Å². The molecule has 0 aromatic carbocycles. The molecule has 0 aromatic rings. The van der Waals surface area contributed by atoms with Crippen molar-refractivity contribution >= 4 is 0 Å². The molecule has 0 radical (unpaired) electrons. The molecule has 0 N–H and O–H groups in total. The molecular formula is C6H10N2. The van der Waals surface area contributed by atoms with E-state index >= 15 is 0 Å². The van der Waals surface area contributed by atoms with Gasteiger partial charge < -0.3 is 0 Å². The lowest BCUT2D eigenvalue weighted by Gasteiger charge is -1.77. The lowest BCUT2D eigenvalue weighted by molar-refractivity contribution is 1.13. The summed E-state index contributed by atoms with van der Waals surface area (Å²) in [7, 11) is 0. The minimum atomic E-state index is 0.725. The maximum atomic E-state index is 3.66. The fourth-order valence-electron chi connectivity index (χ4n) is 0.199. The van der Waals surface area contributed by atoms with Gasteiger partial charge in [-0.2, -0.15) is 10.2 Å². The first-order chi connectivity index (χ1) is 3.77. The molecule has 0 aliphatic carbocycles. The van der Waals surface area contributed by atoms with Crippen molar-refractivity contribution in [3.05, 3.63) is 24.6 Å². The summed E-state index contributed by atoms with van der Waals surface area (Å²) in [6, 6.07) is 0. The van der Waals surface area contributed by atoms with Crippen molar-refractivity contribution < 1.29 is 0 Å². The Morgan fingerprint density at radius 2 is 2.25 bits per heavy atom. The van der Waals surface area contributed by atoms with Crippen LogP contribution in [0.2, 0.25) is 0 Å². The molecule has 44 valence electrons. The fourth-order valence-corrected chi connectivity index (χ4v) is 0.199. The van der Waals surface area contributed by atoms with E-state index in [1.54, 1.807) is 13.1 Å². The molecule has 0 bridgehead atoms. The van der Waals surface area contributed by atoms with Gasteiger partial charge in [0.15, 0.2) is 0 Å². The van der Waals surface area contributed by atoms with Crippen molar-refractivity contribution in [3.63, 3.8) is 0 Å². The molecule has 0 saturated heterocycles. The number of azo groups is 1. The zero-order valence-electron chi connectivity index (χ0n) is 5.26. The monoisotopic (exact) mass is 110 g/mol. The van der Waals surface area contributed by atoms with Crippen LogP contribution in [-0.2, 0) is 0 Å². The first-order valence-corrected chi connectivity index (χ1v) is 2.45. The Morgan fingerprint density at radius 1 is 1.62 bits per heavy atom. The van der Waals surface area contributed by atoms with Crippen LogP contribution < -0.4 is 0 Å². The van der Waals surface area contributed by atoms with E-state index in [1.165, 1.54) is 0 Å². The van der Waals surface area contributed by atoms with Gasteiger partial charge in [-0.3, -0.25) is 0 Å². The van der Waals surface area contributed by atoms with Crippen LogP contribution in [0.4, 0.5) is 0 Å². The maximum absolute atomic E-state index is 3.66. The largest absolute Gasteiger partial charge is 0.159 e. The Morgan fingerprint density at radius 3 is 2.62 bits per heavy atom. The predicted octanol–water partition coefficient (Wildman–Crippen LogP) is 2.51. The van der Waals surface area contributed by atoms with Crippen molar-refractivity contribution in [2.45, 2.75) is 13.8 Å².